The number of imidazole rings is 1. The Morgan fingerprint density at radius 1 is 1.16 bits per heavy atom. The summed E-state index contributed by atoms with van der Waals surface area (Å²) in [5.41, 5.74) is 1.59. The first-order valence-corrected chi connectivity index (χ1v) is 5.83. The fourth-order valence-corrected chi connectivity index (χ4v) is 1.77. The van der Waals surface area contributed by atoms with Crippen LogP contribution in [0.3, 0.4) is 0 Å². The van der Waals surface area contributed by atoms with Crippen LogP contribution in [0.1, 0.15) is 10.4 Å². The van der Waals surface area contributed by atoms with Gasteiger partial charge in [0.15, 0.2) is 11.5 Å². The zero-order valence-electron chi connectivity index (χ0n) is 9.59. The minimum atomic E-state index is -0.272. The topological polar surface area (TPSA) is 83.6 Å². The number of fused-ring (bicyclic) bond motifs is 1. The molecule has 2 aromatic heterocycles. The molecule has 94 valence electrons. The number of hydrogen-bond donors (Lipinski definition) is 2. The summed E-state index contributed by atoms with van der Waals surface area (Å²) < 4.78 is 0. The molecule has 0 unspecified atom stereocenters. The van der Waals surface area contributed by atoms with Crippen molar-refractivity contribution >= 4 is 34.5 Å². The number of nitrogens with one attached hydrogen (secondary N) is 2. The molecule has 2 heterocycles. The Kier molecular flexibility index (Phi) is 2.85. The van der Waals surface area contributed by atoms with E-state index in [1.54, 1.807) is 24.3 Å². The van der Waals surface area contributed by atoms with Crippen LogP contribution in [-0.4, -0.2) is 25.8 Å². The zero-order chi connectivity index (χ0) is 13.2. The molecule has 3 aromatic rings. The van der Waals surface area contributed by atoms with E-state index in [-0.39, 0.29) is 5.91 Å². The van der Waals surface area contributed by atoms with Gasteiger partial charge in [-0.2, -0.15) is 0 Å². The fourth-order valence-electron chi connectivity index (χ4n) is 1.64. The second-order valence-corrected chi connectivity index (χ2v) is 4.22. The average molecular weight is 274 g/mol. The molecule has 0 radical (unpaired) electrons. The third kappa shape index (κ3) is 2.25. The van der Waals surface area contributed by atoms with E-state index in [2.05, 4.69) is 25.3 Å². The van der Waals surface area contributed by atoms with Crippen LogP contribution >= 0.6 is 11.6 Å². The van der Waals surface area contributed by atoms with Gasteiger partial charge in [0, 0.05) is 10.6 Å². The molecule has 3 rings (SSSR count). The van der Waals surface area contributed by atoms with Gasteiger partial charge in [-0.1, -0.05) is 11.6 Å². The lowest BCUT2D eigenvalue weighted by Crippen LogP contribution is -2.13. The maximum Gasteiger partial charge on any atom is 0.256 e. The number of hydrogen-bond acceptors (Lipinski definition) is 4. The van der Waals surface area contributed by atoms with Gasteiger partial charge in [-0.15, -0.1) is 0 Å². The van der Waals surface area contributed by atoms with Crippen LogP contribution in [0.15, 0.2) is 36.9 Å². The Hall–Kier alpha value is -2.47. The smallest absolute Gasteiger partial charge is 0.256 e. The molecule has 0 saturated heterocycles. The number of aromatic amines is 1. The van der Waals surface area contributed by atoms with E-state index in [9.17, 15) is 4.79 Å². The number of rotatable bonds is 2. The van der Waals surface area contributed by atoms with E-state index in [1.165, 1.54) is 12.7 Å². The summed E-state index contributed by atoms with van der Waals surface area (Å²) in [4.78, 5) is 26.9. The normalized spacial score (nSPS) is 10.6. The van der Waals surface area contributed by atoms with Crippen molar-refractivity contribution < 1.29 is 4.79 Å². The minimum absolute atomic E-state index is 0.272. The lowest BCUT2D eigenvalue weighted by Gasteiger charge is -2.04. The van der Waals surface area contributed by atoms with Gasteiger partial charge >= 0.3 is 0 Å². The van der Waals surface area contributed by atoms with Gasteiger partial charge in [0.05, 0.1) is 6.33 Å². The first kappa shape index (κ1) is 11.6. The van der Waals surface area contributed by atoms with Crippen LogP contribution in [0, 0.1) is 0 Å². The highest BCUT2D eigenvalue weighted by Gasteiger charge is 2.10. The van der Waals surface area contributed by atoms with E-state index in [0.717, 1.165) is 0 Å². The Bertz CT molecular complexity index is 737. The largest absolute Gasteiger partial charge is 0.340 e. The summed E-state index contributed by atoms with van der Waals surface area (Å²) in [6.45, 7) is 0. The molecular weight excluding hydrogens is 266 g/mol. The molecule has 0 aliphatic heterocycles. The van der Waals surface area contributed by atoms with Gasteiger partial charge in [-0.25, -0.2) is 15.0 Å². The number of benzene rings is 1. The lowest BCUT2D eigenvalue weighted by molar-refractivity contribution is 0.102. The van der Waals surface area contributed by atoms with Crippen molar-refractivity contribution in [1.29, 1.82) is 0 Å². The maximum absolute atomic E-state index is 12.0. The van der Waals surface area contributed by atoms with Gasteiger partial charge in [0.2, 0.25) is 0 Å². The zero-order valence-corrected chi connectivity index (χ0v) is 10.3. The van der Waals surface area contributed by atoms with Crippen molar-refractivity contribution in [2.45, 2.75) is 0 Å². The first-order valence-electron chi connectivity index (χ1n) is 5.45. The molecule has 19 heavy (non-hydrogen) atoms. The van der Waals surface area contributed by atoms with Crippen molar-refractivity contribution in [2.24, 2.45) is 0 Å². The summed E-state index contributed by atoms with van der Waals surface area (Å²) in [7, 11) is 0. The van der Waals surface area contributed by atoms with Crippen molar-refractivity contribution in [1.82, 2.24) is 19.9 Å². The molecule has 1 amide bonds. The quantitative estimate of drug-likeness (QED) is 0.750. The number of nitrogens with zero attached hydrogens (tertiary/aromatic N) is 3. The summed E-state index contributed by atoms with van der Waals surface area (Å²) in [6.07, 6.45) is 2.85. The number of amides is 1. The summed E-state index contributed by atoms with van der Waals surface area (Å²) >= 11 is 5.77. The average Bonchev–Trinajstić information content (AvgIpc) is 2.89. The fraction of sp³-hybridized carbons (Fsp3) is 0. The Morgan fingerprint density at radius 3 is 2.74 bits per heavy atom. The molecule has 0 aliphatic rings. The molecule has 0 fully saturated rings. The molecule has 0 bridgehead atoms. The summed E-state index contributed by atoms with van der Waals surface area (Å²) in [6, 6.07) is 6.59. The monoisotopic (exact) mass is 273 g/mol. The van der Waals surface area contributed by atoms with Gasteiger partial charge in [0.1, 0.15) is 11.8 Å². The van der Waals surface area contributed by atoms with E-state index in [1.807, 2.05) is 0 Å². The highest BCUT2D eigenvalue weighted by Crippen LogP contribution is 2.16. The number of carbonyl (C=O) groups excluding carboxylic acids is 1. The van der Waals surface area contributed by atoms with Crippen molar-refractivity contribution in [3.05, 3.63) is 47.5 Å². The molecule has 0 spiro atoms. The molecular formula is C12H8ClN5O. The van der Waals surface area contributed by atoms with Crippen LogP contribution in [0.25, 0.3) is 11.2 Å². The third-order valence-corrected chi connectivity index (χ3v) is 2.81. The maximum atomic E-state index is 12.0. The molecule has 0 saturated carbocycles. The van der Waals surface area contributed by atoms with Crippen LogP contribution in [-0.2, 0) is 0 Å². The van der Waals surface area contributed by atoms with E-state index in [4.69, 9.17) is 11.6 Å². The molecule has 0 atom stereocenters. The molecule has 1 aromatic carbocycles. The minimum Gasteiger partial charge on any atom is -0.340 e. The molecule has 6 nitrogen and oxygen atoms in total. The van der Waals surface area contributed by atoms with Gasteiger partial charge in [-0.3, -0.25) is 4.79 Å². The Labute approximate surface area is 112 Å². The van der Waals surface area contributed by atoms with E-state index in [0.29, 0.717) is 27.6 Å². The van der Waals surface area contributed by atoms with Crippen LogP contribution in [0.2, 0.25) is 5.02 Å². The van der Waals surface area contributed by atoms with Crippen LogP contribution in [0.4, 0.5) is 5.82 Å². The molecule has 0 aliphatic carbocycles. The highest BCUT2D eigenvalue weighted by atomic mass is 35.5. The van der Waals surface area contributed by atoms with Crippen LogP contribution in [0.5, 0.6) is 0 Å². The van der Waals surface area contributed by atoms with Crippen LogP contribution < -0.4 is 5.32 Å². The summed E-state index contributed by atoms with van der Waals surface area (Å²) in [5.74, 6) is 0.119. The summed E-state index contributed by atoms with van der Waals surface area (Å²) in [5, 5.41) is 3.28. The predicted octanol–water partition coefficient (Wildman–Crippen LogP) is 2.26. The Balaban J connectivity index is 1.90. The van der Waals surface area contributed by atoms with Crippen molar-refractivity contribution in [3.63, 3.8) is 0 Å². The number of carbonyl (C=O) groups is 1. The Morgan fingerprint density at radius 2 is 1.95 bits per heavy atom. The highest BCUT2D eigenvalue weighted by molar-refractivity contribution is 6.30. The SMILES string of the molecule is O=C(Nc1ncnc2nc[nH]c12)c1ccc(Cl)cc1. The van der Waals surface area contributed by atoms with E-state index >= 15 is 0 Å². The second-order valence-electron chi connectivity index (χ2n) is 3.78. The van der Waals surface area contributed by atoms with E-state index < -0.39 is 0 Å². The second kappa shape index (κ2) is 4.66. The third-order valence-electron chi connectivity index (χ3n) is 2.56. The first-order chi connectivity index (χ1) is 9.24. The number of H-pyrrole nitrogens is 1. The molecule has 7 heteroatoms. The van der Waals surface area contributed by atoms with Gasteiger partial charge in [-0.05, 0) is 24.3 Å². The number of anilines is 1. The van der Waals surface area contributed by atoms with Gasteiger partial charge in [0.25, 0.3) is 5.91 Å². The lowest BCUT2D eigenvalue weighted by atomic mass is 10.2. The number of halogens is 1. The van der Waals surface area contributed by atoms with Crippen molar-refractivity contribution in [2.75, 3.05) is 5.32 Å². The molecule has 2 N–H and O–H groups in total. The predicted molar refractivity (Wildman–Crippen MR) is 71.1 cm³/mol. The van der Waals surface area contributed by atoms with Gasteiger partial charge < -0.3 is 10.3 Å². The standard InChI is InChI=1S/C12H8ClN5O/c13-8-3-1-7(2-4-8)12(19)18-11-9-10(15-5-14-9)16-6-17-11/h1-6H,(H2,14,15,16,17,18,19). The van der Waals surface area contributed by atoms with Crippen molar-refractivity contribution in [3.8, 4) is 0 Å². The number of aromatic nitrogens is 4.